The maximum Gasteiger partial charge on any atom is 0.253 e. The fourth-order valence-corrected chi connectivity index (χ4v) is 1.89. The van der Waals surface area contributed by atoms with E-state index in [2.05, 4.69) is 0 Å². The fraction of sp³-hybridized carbons (Fsp3) is 0.118. The summed E-state index contributed by atoms with van der Waals surface area (Å²) >= 11 is 0. The lowest BCUT2D eigenvalue weighted by Crippen LogP contribution is -2.26. The molecule has 0 aliphatic carbocycles. The van der Waals surface area contributed by atoms with Crippen LogP contribution in [0.15, 0.2) is 66.2 Å². The van der Waals surface area contributed by atoms with Gasteiger partial charge < -0.3 is 4.90 Å². The van der Waals surface area contributed by atoms with E-state index in [1.807, 2.05) is 73.7 Å². The van der Waals surface area contributed by atoms with Crippen molar-refractivity contribution >= 4 is 17.7 Å². The van der Waals surface area contributed by atoms with Gasteiger partial charge in [0.25, 0.3) is 5.91 Å². The molecule has 0 saturated carbocycles. The maximum absolute atomic E-state index is 12.3. The van der Waals surface area contributed by atoms with Gasteiger partial charge in [0.1, 0.15) is 0 Å². The van der Waals surface area contributed by atoms with E-state index >= 15 is 0 Å². The van der Waals surface area contributed by atoms with Crippen LogP contribution in [-0.2, 0) is 4.79 Å². The molecule has 0 radical (unpaired) electrons. The van der Waals surface area contributed by atoms with Crippen molar-refractivity contribution in [3.63, 3.8) is 0 Å². The van der Waals surface area contributed by atoms with Gasteiger partial charge in [-0.3, -0.25) is 4.79 Å². The summed E-state index contributed by atoms with van der Waals surface area (Å²) in [4.78, 5) is 14.0. The molecule has 19 heavy (non-hydrogen) atoms. The molecule has 0 spiro atoms. The highest BCUT2D eigenvalue weighted by atomic mass is 16.2. The van der Waals surface area contributed by atoms with Crippen molar-refractivity contribution < 1.29 is 4.79 Å². The average Bonchev–Trinajstić information content (AvgIpc) is 2.47. The number of likely N-dealkylation sites (N-methyl/N-ethyl adjacent to an activating group) is 1. The molecule has 0 saturated heterocycles. The lowest BCUT2D eigenvalue weighted by molar-refractivity contribution is -0.114. The van der Waals surface area contributed by atoms with Crippen molar-refractivity contribution in [2.75, 3.05) is 11.9 Å². The van der Waals surface area contributed by atoms with Crippen LogP contribution in [-0.4, -0.2) is 13.0 Å². The van der Waals surface area contributed by atoms with Crippen LogP contribution in [0.4, 0.5) is 5.69 Å². The summed E-state index contributed by atoms with van der Waals surface area (Å²) < 4.78 is 0. The monoisotopic (exact) mass is 251 g/mol. The van der Waals surface area contributed by atoms with E-state index in [-0.39, 0.29) is 5.91 Å². The molecule has 2 aromatic carbocycles. The summed E-state index contributed by atoms with van der Waals surface area (Å²) in [6, 6.07) is 19.5. The van der Waals surface area contributed by atoms with Gasteiger partial charge in [0.15, 0.2) is 0 Å². The Hall–Kier alpha value is -2.35. The number of amides is 1. The van der Waals surface area contributed by atoms with Crippen LogP contribution < -0.4 is 4.90 Å². The smallest absolute Gasteiger partial charge is 0.253 e. The van der Waals surface area contributed by atoms with Gasteiger partial charge in [-0.2, -0.15) is 0 Å². The van der Waals surface area contributed by atoms with Gasteiger partial charge in [0.05, 0.1) is 0 Å². The molecule has 2 rings (SSSR count). The summed E-state index contributed by atoms with van der Waals surface area (Å²) in [5, 5.41) is 0. The molecule has 0 fully saturated rings. The Morgan fingerprint density at radius 3 is 2.05 bits per heavy atom. The third kappa shape index (κ3) is 3.32. The SMILES string of the molecule is C/C(=C\c1ccccc1)C(=O)N(C)c1ccccc1. The quantitative estimate of drug-likeness (QED) is 0.761. The zero-order chi connectivity index (χ0) is 13.7. The van der Waals surface area contributed by atoms with Crippen LogP contribution in [0.25, 0.3) is 6.08 Å². The molecule has 0 aromatic heterocycles. The van der Waals surface area contributed by atoms with E-state index in [0.717, 1.165) is 16.8 Å². The lowest BCUT2D eigenvalue weighted by atomic mass is 10.1. The highest BCUT2D eigenvalue weighted by Crippen LogP contribution is 2.15. The predicted octanol–water partition coefficient (Wildman–Crippen LogP) is 3.75. The van der Waals surface area contributed by atoms with E-state index in [9.17, 15) is 4.79 Å². The van der Waals surface area contributed by atoms with Crippen LogP contribution in [0.1, 0.15) is 12.5 Å². The standard InChI is InChI=1S/C17H17NO/c1-14(13-15-9-5-3-6-10-15)17(19)18(2)16-11-7-4-8-12-16/h3-13H,1-2H3/b14-13+. The summed E-state index contributed by atoms with van der Waals surface area (Å²) in [6.07, 6.45) is 1.90. The highest BCUT2D eigenvalue weighted by molar-refractivity contribution is 6.07. The fourth-order valence-electron chi connectivity index (χ4n) is 1.89. The van der Waals surface area contributed by atoms with Crippen molar-refractivity contribution in [1.29, 1.82) is 0 Å². The number of carbonyl (C=O) groups excluding carboxylic acids is 1. The molecule has 2 heteroatoms. The zero-order valence-corrected chi connectivity index (χ0v) is 11.2. The molecular weight excluding hydrogens is 234 g/mol. The van der Waals surface area contributed by atoms with E-state index in [1.54, 1.807) is 11.9 Å². The molecule has 2 aromatic rings. The molecule has 0 heterocycles. The van der Waals surface area contributed by atoms with Gasteiger partial charge in [-0.05, 0) is 30.7 Å². The van der Waals surface area contributed by atoms with Crippen molar-refractivity contribution in [1.82, 2.24) is 0 Å². The van der Waals surface area contributed by atoms with E-state index in [1.165, 1.54) is 0 Å². The molecule has 0 aliphatic heterocycles. The van der Waals surface area contributed by atoms with Gasteiger partial charge in [-0.15, -0.1) is 0 Å². The molecule has 1 amide bonds. The zero-order valence-electron chi connectivity index (χ0n) is 11.2. The van der Waals surface area contributed by atoms with Gasteiger partial charge in [0, 0.05) is 18.3 Å². The van der Waals surface area contributed by atoms with Gasteiger partial charge in [-0.25, -0.2) is 0 Å². The molecular formula is C17H17NO. The second-order valence-corrected chi connectivity index (χ2v) is 4.44. The average molecular weight is 251 g/mol. The normalized spacial score (nSPS) is 11.2. The van der Waals surface area contributed by atoms with Crippen molar-refractivity contribution in [2.24, 2.45) is 0 Å². The van der Waals surface area contributed by atoms with Crippen LogP contribution in [0.2, 0.25) is 0 Å². The predicted molar refractivity (Wildman–Crippen MR) is 79.9 cm³/mol. The number of para-hydroxylation sites is 1. The van der Waals surface area contributed by atoms with Crippen LogP contribution in [0.5, 0.6) is 0 Å². The first-order valence-electron chi connectivity index (χ1n) is 6.25. The molecule has 0 unspecified atom stereocenters. The van der Waals surface area contributed by atoms with E-state index < -0.39 is 0 Å². The maximum atomic E-state index is 12.3. The summed E-state index contributed by atoms with van der Waals surface area (Å²) in [7, 11) is 1.79. The van der Waals surface area contributed by atoms with Gasteiger partial charge in [-0.1, -0.05) is 48.5 Å². The van der Waals surface area contributed by atoms with Gasteiger partial charge in [0.2, 0.25) is 0 Å². The Bertz CT molecular complexity index is 573. The van der Waals surface area contributed by atoms with Crippen molar-refractivity contribution in [3.05, 3.63) is 71.8 Å². The molecule has 0 N–H and O–H groups in total. The molecule has 0 bridgehead atoms. The van der Waals surface area contributed by atoms with E-state index in [0.29, 0.717) is 0 Å². The first-order valence-corrected chi connectivity index (χ1v) is 6.25. The van der Waals surface area contributed by atoms with Crippen molar-refractivity contribution in [2.45, 2.75) is 6.92 Å². The molecule has 96 valence electrons. The Kier molecular flexibility index (Phi) is 4.14. The number of hydrogen-bond acceptors (Lipinski definition) is 1. The number of hydrogen-bond donors (Lipinski definition) is 0. The Labute approximate surface area is 114 Å². The molecule has 0 aliphatic rings. The second-order valence-electron chi connectivity index (χ2n) is 4.44. The number of benzene rings is 2. The van der Waals surface area contributed by atoms with Crippen molar-refractivity contribution in [3.8, 4) is 0 Å². The topological polar surface area (TPSA) is 20.3 Å². The van der Waals surface area contributed by atoms with Crippen LogP contribution in [0.3, 0.4) is 0 Å². The van der Waals surface area contributed by atoms with E-state index in [4.69, 9.17) is 0 Å². The second kappa shape index (κ2) is 6.01. The number of carbonyl (C=O) groups is 1. The Morgan fingerprint density at radius 1 is 0.947 bits per heavy atom. The third-order valence-corrected chi connectivity index (χ3v) is 2.97. The number of nitrogens with zero attached hydrogens (tertiary/aromatic N) is 1. The van der Waals surface area contributed by atoms with Gasteiger partial charge >= 0.3 is 0 Å². The lowest BCUT2D eigenvalue weighted by Gasteiger charge is -2.17. The summed E-state index contributed by atoms with van der Waals surface area (Å²) in [5.74, 6) is 0.00931. The Morgan fingerprint density at radius 2 is 1.47 bits per heavy atom. The largest absolute Gasteiger partial charge is 0.312 e. The highest BCUT2D eigenvalue weighted by Gasteiger charge is 2.12. The first kappa shape index (κ1) is 13.1. The molecule has 2 nitrogen and oxygen atoms in total. The summed E-state index contributed by atoms with van der Waals surface area (Å²) in [6.45, 7) is 1.84. The number of rotatable bonds is 3. The minimum Gasteiger partial charge on any atom is -0.312 e. The third-order valence-electron chi connectivity index (χ3n) is 2.97. The Balaban J connectivity index is 2.18. The van der Waals surface area contributed by atoms with Crippen LogP contribution in [0, 0.1) is 0 Å². The molecule has 0 atom stereocenters. The number of anilines is 1. The summed E-state index contributed by atoms with van der Waals surface area (Å²) in [5.41, 5.74) is 2.65. The van der Waals surface area contributed by atoms with Crippen LogP contribution >= 0.6 is 0 Å². The first-order chi connectivity index (χ1) is 9.18. The minimum absolute atomic E-state index is 0.00931. The minimum atomic E-state index is 0.00931.